The predicted molar refractivity (Wildman–Crippen MR) is 142 cm³/mol. The number of nitrogens with one attached hydrogen (secondary N) is 1. The van der Waals surface area contributed by atoms with Gasteiger partial charge in [0, 0.05) is 24.1 Å². The molecule has 0 saturated carbocycles. The first-order valence-corrected chi connectivity index (χ1v) is 12.8. The van der Waals surface area contributed by atoms with Crippen LogP contribution < -0.4 is 10.1 Å². The number of hydrogen-bond acceptors (Lipinski definition) is 6. The maximum Gasteiger partial charge on any atom is 0.333 e. The number of carboxylic acids is 1. The van der Waals surface area contributed by atoms with Gasteiger partial charge in [-0.05, 0) is 53.2 Å². The van der Waals surface area contributed by atoms with Crippen molar-refractivity contribution in [3.63, 3.8) is 0 Å². The second-order valence-electron chi connectivity index (χ2n) is 9.31. The van der Waals surface area contributed by atoms with E-state index in [1.807, 2.05) is 84.0 Å². The largest absolute Gasteiger partial charge is 0.491 e. The normalized spacial score (nSPS) is 12.1. The van der Waals surface area contributed by atoms with Crippen molar-refractivity contribution in [2.24, 2.45) is 0 Å². The predicted octanol–water partition coefficient (Wildman–Crippen LogP) is 5.56. The molecule has 0 aliphatic carbocycles. The van der Waals surface area contributed by atoms with Crippen molar-refractivity contribution in [3.05, 3.63) is 69.7 Å². The Kier molecular flexibility index (Phi) is 9.23. The molecule has 0 fully saturated rings. The lowest BCUT2D eigenvalue weighted by Gasteiger charge is -2.19. The van der Waals surface area contributed by atoms with E-state index in [4.69, 9.17) is 9.47 Å². The Bertz CT molecular complexity index is 1200. The van der Waals surface area contributed by atoms with Crippen LogP contribution in [-0.2, 0) is 22.5 Å². The van der Waals surface area contributed by atoms with Crippen molar-refractivity contribution in [2.45, 2.75) is 72.8 Å². The molecule has 0 aliphatic heterocycles. The maximum absolute atomic E-state index is 13.1. The molecule has 3 rings (SSSR count). The molecule has 1 unspecified atom stereocenters. The van der Waals surface area contributed by atoms with E-state index in [1.54, 1.807) is 0 Å². The smallest absolute Gasteiger partial charge is 0.333 e. The standard InChI is InChI=1S/C28H34N2O5S/c1-16(2)34-23-12-9-20(14-24(28(32)33)35-17(3)4)13-22(23)15-29-26(31)25-19(6)30-27(36-25)21-10-7-18(5)8-11-21/h7-13,16-17,24H,14-15H2,1-6H3,(H,29,31)(H,32,33). The Morgan fingerprint density at radius 1 is 1.03 bits per heavy atom. The van der Waals surface area contributed by atoms with E-state index in [-0.39, 0.29) is 31.1 Å². The lowest BCUT2D eigenvalue weighted by molar-refractivity contribution is -0.153. The third-order valence-corrected chi connectivity index (χ3v) is 6.57. The third kappa shape index (κ3) is 7.38. The Hall–Kier alpha value is -3.23. The van der Waals surface area contributed by atoms with Crippen LogP contribution in [0.5, 0.6) is 5.75 Å². The number of nitrogens with zero attached hydrogens (tertiary/aromatic N) is 1. The summed E-state index contributed by atoms with van der Waals surface area (Å²) in [7, 11) is 0. The van der Waals surface area contributed by atoms with Gasteiger partial charge in [-0.3, -0.25) is 4.79 Å². The van der Waals surface area contributed by atoms with Gasteiger partial charge in [0.2, 0.25) is 0 Å². The number of carbonyl (C=O) groups is 2. The number of carboxylic acid groups (broad SMARTS) is 1. The fourth-order valence-electron chi connectivity index (χ4n) is 3.69. The lowest BCUT2D eigenvalue weighted by Crippen LogP contribution is -2.29. The molecule has 2 N–H and O–H groups in total. The molecular weight excluding hydrogens is 476 g/mol. The number of ether oxygens (including phenoxy) is 2. The topological polar surface area (TPSA) is 97.8 Å². The van der Waals surface area contributed by atoms with Crippen LogP contribution in [0.4, 0.5) is 0 Å². The molecule has 8 heteroatoms. The summed E-state index contributed by atoms with van der Waals surface area (Å²) in [4.78, 5) is 29.9. The van der Waals surface area contributed by atoms with Gasteiger partial charge in [-0.2, -0.15) is 0 Å². The third-order valence-electron chi connectivity index (χ3n) is 5.36. The minimum Gasteiger partial charge on any atom is -0.491 e. The Labute approximate surface area is 216 Å². The fraction of sp³-hybridized carbons (Fsp3) is 0.393. The van der Waals surface area contributed by atoms with Crippen molar-refractivity contribution >= 4 is 23.2 Å². The molecule has 0 saturated heterocycles. The van der Waals surface area contributed by atoms with Gasteiger partial charge in [0.15, 0.2) is 6.10 Å². The number of thiazole rings is 1. The highest BCUT2D eigenvalue weighted by Crippen LogP contribution is 2.29. The summed E-state index contributed by atoms with van der Waals surface area (Å²) in [5.74, 6) is -0.575. The van der Waals surface area contributed by atoms with E-state index >= 15 is 0 Å². The quantitative estimate of drug-likeness (QED) is 0.350. The zero-order valence-electron chi connectivity index (χ0n) is 21.6. The molecule has 1 amide bonds. The first-order valence-electron chi connectivity index (χ1n) is 12.0. The fourth-order valence-corrected chi connectivity index (χ4v) is 4.67. The molecule has 0 spiro atoms. The monoisotopic (exact) mass is 510 g/mol. The second kappa shape index (κ2) is 12.1. The zero-order chi connectivity index (χ0) is 26.4. The van der Waals surface area contributed by atoms with Crippen LogP contribution in [0.1, 0.15) is 59.8 Å². The van der Waals surface area contributed by atoms with Crippen LogP contribution in [0, 0.1) is 13.8 Å². The first-order chi connectivity index (χ1) is 17.0. The molecular formula is C28H34N2O5S. The molecule has 2 aromatic carbocycles. The van der Waals surface area contributed by atoms with Gasteiger partial charge >= 0.3 is 5.97 Å². The average molecular weight is 511 g/mol. The summed E-state index contributed by atoms with van der Waals surface area (Å²) < 4.78 is 11.5. The van der Waals surface area contributed by atoms with Gasteiger partial charge in [0.05, 0.1) is 17.9 Å². The molecule has 1 aromatic heterocycles. The summed E-state index contributed by atoms with van der Waals surface area (Å²) in [5, 5.41) is 13.3. The van der Waals surface area contributed by atoms with E-state index in [1.165, 1.54) is 11.3 Å². The van der Waals surface area contributed by atoms with Crippen LogP contribution in [0.2, 0.25) is 0 Å². The maximum atomic E-state index is 13.1. The molecule has 3 aromatic rings. The summed E-state index contributed by atoms with van der Waals surface area (Å²) in [6, 6.07) is 13.6. The van der Waals surface area contributed by atoms with Gasteiger partial charge in [0.1, 0.15) is 15.6 Å². The minimum absolute atomic E-state index is 0.0536. The van der Waals surface area contributed by atoms with Crippen molar-refractivity contribution in [2.75, 3.05) is 0 Å². The number of aliphatic carboxylic acids is 1. The number of amides is 1. The Morgan fingerprint density at radius 2 is 1.72 bits per heavy atom. The highest BCUT2D eigenvalue weighted by atomic mass is 32.1. The molecule has 0 radical (unpaired) electrons. The Morgan fingerprint density at radius 3 is 2.33 bits per heavy atom. The van der Waals surface area contributed by atoms with Crippen molar-refractivity contribution in [3.8, 4) is 16.3 Å². The second-order valence-corrected chi connectivity index (χ2v) is 10.3. The van der Waals surface area contributed by atoms with Crippen LogP contribution in [0.15, 0.2) is 42.5 Å². The van der Waals surface area contributed by atoms with E-state index in [0.717, 1.165) is 27.3 Å². The molecule has 7 nitrogen and oxygen atoms in total. The highest BCUT2D eigenvalue weighted by molar-refractivity contribution is 7.17. The molecule has 1 atom stereocenters. The summed E-state index contributed by atoms with van der Waals surface area (Å²) in [6.07, 6.45) is -1.00. The van der Waals surface area contributed by atoms with Crippen molar-refractivity contribution in [1.29, 1.82) is 0 Å². The average Bonchev–Trinajstić information content (AvgIpc) is 3.19. The van der Waals surface area contributed by atoms with Gasteiger partial charge < -0.3 is 19.9 Å². The minimum atomic E-state index is -1.01. The zero-order valence-corrected chi connectivity index (χ0v) is 22.4. The van der Waals surface area contributed by atoms with Gasteiger partial charge in [-0.25, -0.2) is 9.78 Å². The lowest BCUT2D eigenvalue weighted by atomic mass is 10.0. The highest BCUT2D eigenvalue weighted by Gasteiger charge is 2.22. The molecule has 1 heterocycles. The van der Waals surface area contributed by atoms with E-state index < -0.39 is 12.1 Å². The van der Waals surface area contributed by atoms with E-state index in [2.05, 4.69) is 10.3 Å². The molecule has 36 heavy (non-hydrogen) atoms. The summed E-state index contributed by atoms with van der Waals surface area (Å²) in [6.45, 7) is 11.6. The van der Waals surface area contributed by atoms with Crippen LogP contribution >= 0.6 is 11.3 Å². The van der Waals surface area contributed by atoms with Gasteiger partial charge in [-0.1, -0.05) is 42.0 Å². The van der Waals surface area contributed by atoms with Crippen molar-refractivity contribution < 1.29 is 24.2 Å². The number of carbonyl (C=O) groups excluding carboxylic acids is 1. The first kappa shape index (κ1) is 27.4. The van der Waals surface area contributed by atoms with Crippen LogP contribution in [0.25, 0.3) is 10.6 Å². The molecule has 0 aliphatic rings. The SMILES string of the molecule is Cc1ccc(-c2nc(C)c(C(=O)NCc3cc(CC(OC(C)C)C(=O)O)ccc3OC(C)C)s2)cc1. The summed E-state index contributed by atoms with van der Waals surface area (Å²) in [5.41, 5.74) is 4.38. The van der Waals surface area contributed by atoms with E-state index in [9.17, 15) is 14.7 Å². The number of aryl methyl sites for hydroxylation is 2. The van der Waals surface area contributed by atoms with E-state index in [0.29, 0.717) is 16.3 Å². The molecule has 192 valence electrons. The number of hydrogen-bond donors (Lipinski definition) is 2. The molecule has 0 bridgehead atoms. The van der Waals surface area contributed by atoms with Crippen LogP contribution in [-0.4, -0.2) is 40.3 Å². The Balaban J connectivity index is 1.79. The number of aromatic nitrogens is 1. The van der Waals surface area contributed by atoms with Crippen LogP contribution in [0.3, 0.4) is 0 Å². The van der Waals surface area contributed by atoms with Gasteiger partial charge in [0.25, 0.3) is 5.91 Å². The number of benzene rings is 2. The number of rotatable bonds is 11. The van der Waals surface area contributed by atoms with Gasteiger partial charge in [-0.15, -0.1) is 11.3 Å². The van der Waals surface area contributed by atoms with Crippen molar-refractivity contribution in [1.82, 2.24) is 10.3 Å². The summed E-state index contributed by atoms with van der Waals surface area (Å²) >= 11 is 1.36.